The first kappa shape index (κ1) is 19.4. The largest absolute Gasteiger partial charge is 0.340 e. The van der Waals surface area contributed by atoms with E-state index in [0.717, 1.165) is 55.7 Å². The summed E-state index contributed by atoms with van der Waals surface area (Å²) in [5.74, 6) is 0.185. The second-order valence-electron chi connectivity index (χ2n) is 6.90. The van der Waals surface area contributed by atoms with Gasteiger partial charge in [-0.05, 0) is 32.4 Å². The summed E-state index contributed by atoms with van der Waals surface area (Å²) in [5.41, 5.74) is 2.91. The molecule has 0 aromatic heterocycles. The van der Waals surface area contributed by atoms with Crippen molar-refractivity contribution in [3.8, 4) is 0 Å². The van der Waals surface area contributed by atoms with E-state index in [1.807, 2.05) is 35.8 Å². The van der Waals surface area contributed by atoms with Crippen molar-refractivity contribution in [1.29, 1.82) is 0 Å². The third-order valence-corrected chi connectivity index (χ3v) is 4.60. The number of rotatable bonds is 7. The Labute approximate surface area is 151 Å². The molecule has 1 aromatic carbocycles. The summed E-state index contributed by atoms with van der Waals surface area (Å²) in [5, 5.41) is 3.25. The number of carbonyl (C=O) groups excluding carboxylic acids is 2. The van der Waals surface area contributed by atoms with Crippen molar-refractivity contribution < 1.29 is 9.59 Å². The van der Waals surface area contributed by atoms with Crippen LogP contribution in [0.5, 0.6) is 0 Å². The topological polar surface area (TPSA) is 52.7 Å². The van der Waals surface area contributed by atoms with E-state index >= 15 is 0 Å². The molecule has 0 bridgehead atoms. The van der Waals surface area contributed by atoms with Crippen molar-refractivity contribution in [2.24, 2.45) is 0 Å². The number of benzene rings is 1. The molecule has 1 fully saturated rings. The number of aryl methyl sites for hydroxylation is 2. The Morgan fingerprint density at radius 3 is 2.32 bits per heavy atom. The maximum Gasteiger partial charge on any atom is 0.253 e. The summed E-state index contributed by atoms with van der Waals surface area (Å²) in [6.07, 6.45) is 2.39. The molecular formula is C20H31N3O2. The molecule has 5 heteroatoms. The Hall–Kier alpha value is -1.88. The maximum absolute atomic E-state index is 12.9. The van der Waals surface area contributed by atoms with Crippen LogP contribution in [0.25, 0.3) is 0 Å². The van der Waals surface area contributed by atoms with Crippen molar-refractivity contribution in [1.82, 2.24) is 15.1 Å². The fraction of sp³-hybridized carbons (Fsp3) is 0.600. The molecule has 5 nitrogen and oxygen atoms in total. The number of nitrogens with zero attached hydrogens (tertiary/aromatic N) is 2. The van der Waals surface area contributed by atoms with Gasteiger partial charge in [0.15, 0.2) is 0 Å². The number of hydrogen-bond donors (Lipinski definition) is 1. The molecule has 0 atom stereocenters. The van der Waals surface area contributed by atoms with Gasteiger partial charge in [0.2, 0.25) is 5.91 Å². The van der Waals surface area contributed by atoms with Gasteiger partial charge in [-0.15, -0.1) is 0 Å². The summed E-state index contributed by atoms with van der Waals surface area (Å²) in [6.45, 7) is 10.6. The standard InChI is InChI=1S/C20H31N3O2/c1-4-5-9-23(10-6-19(24)22-11-7-21-8-12-22)20(25)18-14-16(2)13-17(3)15-18/h13-15,21H,4-12H2,1-3H3. The van der Waals surface area contributed by atoms with Gasteiger partial charge in [-0.25, -0.2) is 0 Å². The fourth-order valence-electron chi connectivity index (χ4n) is 3.25. The molecule has 1 N–H and O–H groups in total. The molecule has 1 aliphatic heterocycles. The highest BCUT2D eigenvalue weighted by molar-refractivity contribution is 5.95. The smallest absolute Gasteiger partial charge is 0.253 e. The van der Waals surface area contributed by atoms with Gasteiger partial charge in [0.25, 0.3) is 5.91 Å². The Morgan fingerprint density at radius 1 is 1.08 bits per heavy atom. The van der Waals surface area contributed by atoms with Crippen LogP contribution in [0.1, 0.15) is 47.7 Å². The molecule has 2 amide bonds. The molecule has 1 aromatic rings. The zero-order chi connectivity index (χ0) is 18.2. The monoisotopic (exact) mass is 345 g/mol. The lowest BCUT2D eigenvalue weighted by Gasteiger charge is -2.29. The number of carbonyl (C=O) groups is 2. The van der Waals surface area contributed by atoms with Gasteiger partial charge in [0.1, 0.15) is 0 Å². The Bertz CT molecular complexity index is 574. The van der Waals surface area contributed by atoms with Gasteiger partial charge in [-0.2, -0.15) is 0 Å². The van der Waals surface area contributed by atoms with Gasteiger partial charge in [-0.1, -0.05) is 30.5 Å². The van der Waals surface area contributed by atoms with Crippen LogP contribution in [0.15, 0.2) is 18.2 Å². The average Bonchev–Trinajstić information content (AvgIpc) is 2.61. The molecular weight excluding hydrogens is 314 g/mol. The molecule has 0 aliphatic carbocycles. The van der Waals surface area contributed by atoms with Crippen LogP contribution >= 0.6 is 0 Å². The lowest BCUT2D eigenvalue weighted by atomic mass is 10.1. The molecule has 1 saturated heterocycles. The molecule has 1 aliphatic rings. The van der Waals surface area contributed by atoms with E-state index in [2.05, 4.69) is 18.3 Å². The van der Waals surface area contributed by atoms with E-state index in [4.69, 9.17) is 0 Å². The van der Waals surface area contributed by atoms with Gasteiger partial charge >= 0.3 is 0 Å². The molecule has 0 unspecified atom stereocenters. The molecule has 2 rings (SSSR count). The molecule has 1 heterocycles. The number of hydrogen-bond acceptors (Lipinski definition) is 3. The van der Waals surface area contributed by atoms with Crippen LogP contribution in [0.3, 0.4) is 0 Å². The zero-order valence-corrected chi connectivity index (χ0v) is 15.8. The second kappa shape index (κ2) is 9.56. The highest BCUT2D eigenvalue weighted by Crippen LogP contribution is 2.13. The van der Waals surface area contributed by atoms with Crippen LogP contribution in [-0.2, 0) is 4.79 Å². The minimum Gasteiger partial charge on any atom is -0.340 e. The molecule has 25 heavy (non-hydrogen) atoms. The quantitative estimate of drug-likeness (QED) is 0.825. The molecule has 0 saturated carbocycles. The third kappa shape index (κ3) is 5.85. The highest BCUT2D eigenvalue weighted by Gasteiger charge is 2.20. The van der Waals surface area contributed by atoms with Crippen molar-refractivity contribution in [3.05, 3.63) is 34.9 Å². The Kier molecular flexibility index (Phi) is 7.44. The number of piperazine rings is 1. The minimum absolute atomic E-state index is 0.0355. The lowest BCUT2D eigenvalue weighted by molar-refractivity contribution is -0.131. The lowest BCUT2D eigenvalue weighted by Crippen LogP contribution is -2.47. The highest BCUT2D eigenvalue weighted by atomic mass is 16.2. The van der Waals surface area contributed by atoms with Gasteiger partial charge in [0, 0.05) is 51.3 Å². The first-order chi connectivity index (χ1) is 12.0. The average molecular weight is 345 g/mol. The van der Waals surface area contributed by atoms with Crippen LogP contribution < -0.4 is 5.32 Å². The first-order valence-electron chi connectivity index (χ1n) is 9.37. The molecule has 0 radical (unpaired) electrons. The summed E-state index contributed by atoms with van der Waals surface area (Å²) in [6, 6.07) is 5.94. The van der Waals surface area contributed by atoms with E-state index in [0.29, 0.717) is 19.5 Å². The molecule has 0 spiro atoms. The van der Waals surface area contributed by atoms with Gasteiger partial charge < -0.3 is 15.1 Å². The number of amides is 2. The summed E-state index contributed by atoms with van der Waals surface area (Å²) in [7, 11) is 0. The normalized spacial score (nSPS) is 14.4. The van der Waals surface area contributed by atoms with Crippen molar-refractivity contribution in [2.45, 2.75) is 40.0 Å². The van der Waals surface area contributed by atoms with E-state index in [1.54, 1.807) is 0 Å². The number of unbranched alkanes of at least 4 members (excludes halogenated alkanes) is 1. The maximum atomic E-state index is 12.9. The van der Waals surface area contributed by atoms with Gasteiger partial charge in [0.05, 0.1) is 0 Å². The molecule has 138 valence electrons. The summed E-state index contributed by atoms with van der Waals surface area (Å²) >= 11 is 0. The van der Waals surface area contributed by atoms with E-state index < -0.39 is 0 Å². The second-order valence-corrected chi connectivity index (χ2v) is 6.90. The fourth-order valence-corrected chi connectivity index (χ4v) is 3.25. The van der Waals surface area contributed by atoms with Crippen molar-refractivity contribution >= 4 is 11.8 Å². The van der Waals surface area contributed by atoms with Crippen LogP contribution in [0, 0.1) is 13.8 Å². The summed E-state index contributed by atoms with van der Waals surface area (Å²) in [4.78, 5) is 29.1. The van der Waals surface area contributed by atoms with E-state index in [1.165, 1.54) is 0 Å². The van der Waals surface area contributed by atoms with E-state index in [-0.39, 0.29) is 11.8 Å². The van der Waals surface area contributed by atoms with Crippen LogP contribution in [0.2, 0.25) is 0 Å². The summed E-state index contributed by atoms with van der Waals surface area (Å²) < 4.78 is 0. The third-order valence-electron chi connectivity index (χ3n) is 4.60. The van der Waals surface area contributed by atoms with Crippen molar-refractivity contribution in [2.75, 3.05) is 39.3 Å². The first-order valence-corrected chi connectivity index (χ1v) is 9.37. The van der Waals surface area contributed by atoms with Gasteiger partial charge in [-0.3, -0.25) is 9.59 Å². The van der Waals surface area contributed by atoms with E-state index in [9.17, 15) is 9.59 Å². The SMILES string of the molecule is CCCCN(CCC(=O)N1CCNCC1)C(=O)c1cc(C)cc(C)c1. The minimum atomic E-state index is 0.0355. The zero-order valence-electron chi connectivity index (χ0n) is 15.8. The Balaban J connectivity index is 2.01. The van der Waals surface area contributed by atoms with Crippen molar-refractivity contribution in [3.63, 3.8) is 0 Å². The predicted molar refractivity (Wildman–Crippen MR) is 101 cm³/mol. The number of nitrogens with one attached hydrogen (secondary N) is 1. The van der Waals surface area contributed by atoms with Crippen LogP contribution in [0.4, 0.5) is 0 Å². The van der Waals surface area contributed by atoms with Crippen LogP contribution in [-0.4, -0.2) is 60.9 Å². The predicted octanol–water partition coefficient (Wildman–Crippen LogP) is 2.37. The Morgan fingerprint density at radius 2 is 1.72 bits per heavy atom.